The molecule has 138 valence electrons. The lowest BCUT2D eigenvalue weighted by atomic mass is 10.3. The fourth-order valence-corrected chi connectivity index (χ4v) is 1.45. The van der Waals surface area contributed by atoms with Crippen molar-refractivity contribution in [3.05, 3.63) is 53.3 Å². The van der Waals surface area contributed by atoms with Crippen molar-refractivity contribution >= 4 is 23.3 Å². The minimum absolute atomic E-state index is 0.120. The van der Waals surface area contributed by atoms with E-state index in [0.29, 0.717) is 11.4 Å². The van der Waals surface area contributed by atoms with Gasteiger partial charge in [-0.05, 0) is 24.6 Å². The number of para-hydroxylation sites is 1. The molecule has 0 heterocycles. The molecule has 0 aliphatic carbocycles. The highest BCUT2D eigenvalue weighted by atomic mass is 35.5. The molecule has 0 saturated heterocycles. The summed E-state index contributed by atoms with van der Waals surface area (Å²) in [5.74, 6) is 0. The molecule has 1 aromatic rings. The highest BCUT2D eigenvalue weighted by molar-refractivity contribution is 6.29. The fourth-order valence-electron chi connectivity index (χ4n) is 1.33. The predicted molar refractivity (Wildman–Crippen MR) is 109 cm³/mol. The van der Waals surface area contributed by atoms with E-state index in [1.807, 2.05) is 72.7 Å². The average Bonchev–Trinajstić information content (AvgIpc) is 2.60. The van der Waals surface area contributed by atoms with Crippen LogP contribution in [0.1, 0.15) is 54.9 Å². The largest absolute Gasteiger partial charge is 0.389 e. The summed E-state index contributed by atoms with van der Waals surface area (Å²) >= 11 is 5.58. The van der Waals surface area contributed by atoms with Crippen LogP contribution in [0.25, 0.3) is 0 Å². The molecule has 1 rings (SSSR count). The highest BCUT2D eigenvalue weighted by Gasteiger charge is 2.02. The van der Waals surface area contributed by atoms with Gasteiger partial charge in [0.05, 0.1) is 0 Å². The summed E-state index contributed by atoms with van der Waals surface area (Å²) in [5.41, 5.74) is 6.65. The molecule has 0 radical (unpaired) electrons. The van der Waals surface area contributed by atoms with Gasteiger partial charge in [-0.1, -0.05) is 84.3 Å². The molecule has 0 aromatic heterocycles. The number of nitrogens with one attached hydrogen (secondary N) is 2. The Morgan fingerprint density at radius 3 is 2.00 bits per heavy atom. The molecule has 1 aromatic carbocycles. The van der Waals surface area contributed by atoms with Gasteiger partial charge < -0.3 is 16.4 Å². The quantitative estimate of drug-likeness (QED) is 0.443. The third kappa shape index (κ3) is 16.4. The van der Waals surface area contributed by atoms with E-state index in [9.17, 15) is 4.79 Å². The minimum Gasteiger partial charge on any atom is -0.389 e. The predicted octanol–water partition coefficient (Wildman–Crippen LogP) is 6.22. The van der Waals surface area contributed by atoms with Crippen molar-refractivity contribution < 1.29 is 4.79 Å². The molecule has 0 fully saturated rings. The molecule has 0 spiro atoms. The first-order valence-corrected chi connectivity index (χ1v) is 8.95. The molecule has 2 amide bonds. The number of urea groups is 1. The Balaban J connectivity index is -0.000000659. The molecule has 0 unspecified atom stereocenters. The van der Waals surface area contributed by atoms with E-state index in [0.717, 1.165) is 6.42 Å². The number of benzene rings is 1. The Hall–Kier alpha value is -1.94. The number of nitrogens with two attached hydrogens (primary N) is 1. The van der Waals surface area contributed by atoms with Crippen molar-refractivity contribution in [3.8, 4) is 0 Å². The lowest BCUT2D eigenvalue weighted by Gasteiger charge is -2.08. The smallest absolute Gasteiger partial charge is 0.323 e. The summed E-state index contributed by atoms with van der Waals surface area (Å²) in [5, 5.41) is 5.49. The minimum atomic E-state index is -0.338. The van der Waals surface area contributed by atoms with Gasteiger partial charge in [-0.3, -0.25) is 0 Å². The van der Waals surface area contributed by atoms with Crippen LogP contribution in [0, 0.1) is 0 Å². The Kier molecular flexibility index (Phi) is 23.6. The van der Waals surface area contributed by atoms with E-state index < -0.39 is 0 Å². The molecule has 4 nitrogen and oxygen atoms in total. The van der Waals surface area contributed by atoms with Gasteiger partial charge in [0.25, 0.3) is 0 Å². The molecule has 24 heavy (non-hydrogen) atoms. The molecule has 5 heteroatoms. The fraction of sp³-hybridized carbons (Fsp3) is 0.421. The summed E-state index contributed by atoms with van der Waals surface area (Å²) in [7, 11) is 0. The Labute approximate surface area is 153 Å². The second kappa shape index (κ2) is 21.1. The van der Waals surface area contributed by atoms with Gasteiger partial charge in [0.15, 0.2) is 0 Å². The zero-order valence-corrected chi connectivity index (χ0v) is 16.9. The van der Waals surface area contributed by atoms with Gasteiger partial charge in [0.2, 0.25) is 0 Å². The molecule has 0 atom stereocenters. The van der Waals surface area contributed by atoms with Crippen molar-refractivity contribution in [2.24, 2.45) is 5.73 Å². The summed E-state index contributed by atoms with van der Waals surface area (Å²) in [6, 6.07) is 8.82. The van der Waals surface area contributed by atoms with E-state index >= 15 is 0 Å². The van der Waals surface area contributed by atoms with Crippen LogP contribution in [0.4, 0.5) is 10.5 Å². The van der Waals surface area contributed by atoms with Crippen LogP contribution in [0.2, 0.25) is 0 Å². The molecule has 4 N–H and O–H groups in total. The van der Waals surface area contributed by atoms with Crippen molar-refractivity contribution in [2.45, 2.75) is 54.9 Å². The van der Waals surface area contributed by atoms with Gasteiger partial charge in [0, 0.05) is 11.4 Å². The van der Waals surface area contributed by atoms with Crippen molar-refractivity contribution in [1.82, 2.24) is 5.32 Å². The van der Waals surface area contributed by atoms with Crippen molar-refractivity contribution in [3.63, 3.8) is 0 Å². The Morgan fingerprint density at radius 2 is 1.58 bits per heavy atom. The van der Waals surface area contributed by atoms with Crippen LogP contribution >= 0.6 is 11.6 Å². The van der Waals surface area contributed by atoms with Crippen LogP contribution in [-0.2, 0) is 0 Å². The number of allylic oxidation sites excluding steroid dienone is 2. The normalized spacial score (nSPS) is 9.83. The monoisotopic (exact) mass is 355 g/mol. The number of halogens is 1. The number of rotatable bonds is 4. The van der Waals surface area contributed by atoms with Gasteiger partial charge >= 0.3 is 6.03 Å². The zero-order chi connectivity index (χ0) is 19.4. The van der Waals surface area contributed by atoms with Gasteiger partial charge in [0.1, 0.15) is 5.16 Å². The van der Waals surface area contributed by atoms with Crippen LogP contribution in [0.5, 0.6) is 0 Å². The third-order valence-electron chi connectivity index (χ3n) is 2.01. The van der Waals surface area contributed by atoms with Gasteiger partial charge in [-0.2, -0.15) is 0 Å². The van der Waals surface area contributed by atoms with Crippen LogP contribution in [0.15, 0.2) is 53.3 Å². The first kappa shape index (κ1) is 26.9. The van der Waals surface area contributed by atoms with E-state index in [2.05, 4.69) is 10.6 Å². The van der Waals surface area contributed by atoms with Crippen LogP contribution in [0.3, 0.4) is 0 Å². The Bertz CT molecular complexity index is 453. The second-order valence-corrected chi connectivity index (χ2v) is 3.98. The zero-order valence-electron chi connectivity index (χ0n) is 16.1. The average molecular weight is 356 g/mol. The Morgan fingerprint density at radius 1 is 1.08 bits per heavy atom. The topological polar surface area (TPSA) is 67.1 Å². The van der Waals surface area contributed by atoms with E-state index in [4.69, 9.17) is 17.3 Å². The molecular formula is C19H34ClN3O. The number of hydrogen-bond acceptors (Lipinski definition) is 2. The SMILES string of the molecule is CC.CC.CC.CC/C=C(\C=C(/N)Cl)NC(=O)Nc1ccccc1. The number of anilines is 1. The number of hydrogen-bond donors (Lipinski definition) is 3. The van der Waals surface area contributed by atoms with Gasteiger partial charge in [-0.15, -0.1) is 0 Å². The molecule has 0 aliphatic heterocycles. The third-order valence-corrected chi connectivity index (χ3v) is 2.12. The first-order valence-electron chi connectivity index (χ1n) is 8.57. The maximum Gasteiger partial charge on any atom is 0.323 e. The first-order chi connectivity index (χ1) is 11.6. The lowest BCUT2D eigenvalue weighted by molar-refractivity contribution is 0.254. The molecule has 0 saturated carbocycles. The summed E-state index contributed by atoms with van der Waals surface area (Å²) < 4.78 is 0. The van der Waals surface area contributed by atoms with E-state index in [1.54, 1.807) is 12.1 Å². The molecular weight excluding hydrogens is 322 g/mol. The summed E-state index contributed by atoms with van der Waals surface area (Å²) in [4.78, 5) is 11.7. The number of amides is 2. The number of carbonyl (C=O) groups is 1. The van der Waals surface area contributed by atoms with Crippen molar-refractivity contribution in [1.29, 1.82) is 0 Å². The standard InChI is InChI=1S/C13H16ClN3O.3C2H6/c1-2-6-11(9-12(14)15)17-13(18)16-10-7-4-3-5-8-10;3*1-2/h3-9H,2,15H2,1H3,(H2,16,17,18);3*1-2H3/b11-6+,12-9-;;;. The van der Waals surface area contributed by atoms with E-state index in [1.165, 1.54) is 6.08 Å². The highest BCUT2D eigenvalue weighted by Crippen LogP contribution is 2.06. The maximum atomic E-state index is 11.7. The van der Waals surface area contributed by atoms with Crippen molar-refractivity contribution in [2.75, 3.05) is 5.32 Å². The maximum absolute atomic E-state index is 11.7. The van der Waals surface area contributed by atoms with Crippen LogP contribution in [-0.4, -0.2) is 6.03 Å². The summed E-state index contributed by atoms with van der Waals surface area (Å²) in [6.07, 6.45) is 4.08. The number of carbonyl (C=O) groups excluding carboxylic acids is 1. The lowest BCUT2D eigenvalue weighted by Crippen LogP contribution is -2.27. The molecule has 0 aliphatic rings. The van der Waals surface area contributed by atoms with E-state index in [-0.39, 0.29) is 11.2 Å². The van der Waals surface area contributed by atoms with Gasteiger partial charge in [-0.25, -0.2) is 4.79 Å². The van der Waals surface area contributed by atoms with Crippen LogP contribution < -0.4 is 16.4 Å². The second-order valence-electron chi connectivity index (χ2n) is 3.54. The molecule has 0 bridgehead atoms. The summed E-state index contributed by atoms with van der Waals surface area (Å²) in [6.45, 7) is 14.0.